The van der Waals surface area contributed by atoms with Crippen molar-refractivity contribution in [1.29, 1.82) is 0 Å². The highest BCUT2D eigenvalue weighted by molar-refractivity contribution is 4.98. The lowest BCUT2D eigenvalue weighted by molar-refractivity contribution is -0.0849. The van der Waals surface area contributed by atoms with Gasteiger partial charge in [-0.2, -0.15) is 0 Å². The van der Waals surface area contributed by atoms with Gasteiger partial charge in [-0.1, -0.05) is 0 Å². The number of piperazine rings is 1. The molecular formula is C14H26N2O. The first-order valence-corrected chi connectivity index (χ1v) is 7.28. The zero-order chi connectivity index (χ0) is 11.9. The Morgan fingerprint density at radius 1 is 1.24 bits per heavy atom. The van der Waals surface area contributed by atoms with Crippen LogP contribution in [0.5, 0.6) is 0 Å². The Balaban J connectivity index is 1.73. The third-order valence-corrected chi connectivity index (χ3v) is 5.05. The average Bonchev–Trinajstić information content (AvgIpc) is 2.76. The van der Waals surface area contributed by atoms with E-state index >= 15 is 0 Å². The monoisotopic (exact) mass is 238 g/mol. The van der Waals surface area contributed by atoms with Gasteiger partial charge in [0.05, 0.1) is 6.61 Å². The molecule has 3 rings (SSSR count). The van der Waals surface area contributed by atoms with Gasteiger partial charge in [0.25, 0.3) is 0 Å². The maximum absolute atomic E-state index is 5.74. The van der Waals surface area contributed by atoms with Crippen molar-refractivity contribution in [3.63, 3.8) is 0 Å². The lowest BCUT2D eigenvalue weighted by Gasteiger charge is -2.52. The van der Waals surface area contributed by atoms with Gasteiger partial charge in [-0.15, -0.1) is 0 Å². The summed E-state index contributed by atoms with van der Waals surface area (Å²) in [5.41, 5.74) is 0.298. The highest BCUT2D eigenvalue weighted by atomic mass is 16.5. The molecule has 3 unspecified atom stereocenters. The molecule has 98 valence electrons. The smallest absolute Gasteiger partial charge is 0.0647 e. The summed E-state index contributed by atoms with van der Waals surface area (Å²) in [5.74, 6) is 0. The Bertz CT molecular complexity index is 275. The summed E-state index contributed by atoms with van der Waals surface area (Å²) >= 11 is 0. The minimum absolute atomic E-state index is 0.298. The molecule has 0 bridgehead atoms. The number of nitrogens with zero attached hydrogens (tertiary/aromatic N) is 2. The van der Waals surface area contributed by atoms with Crippen LogP contribution in [-0.4, -0.2) is 60.3 Å². The molecule has 3 fully saturated rings. The molecule has 0 radical (unpaired) electrons. The number of hydrogen-bond acceptors (Lipinski definition) is 3. The van der Waals surface area contributed by atoms with Crippen LogP contribution in [0.1, 0.15) is 39.5 Å². The molecule has 0 aromatic rings. The molecule has 0 saturated carbocycles. The van der Waals surface area contributed by atoms with Crippen molar-refractivity contribution in [2.24, 2.45) is 0 Å². The van der Waals surface area contributed by atoms with Crippen molar-refractivity contribution >= 4 is 0 Å². The molecule has 3 aliphatic rings. The molecule has 3 atom stereocenters. The predicted molar refractivity (Wildman–Crippen MR) is 69.2 cm³/mol. The Labute approximate surface area is 105 Å². The minimum atomic E-state index is 0.298. The predicted octanol–water partition coefficient (Wildman–Crippen LogP) is 1.72. The van der Waals surface area contributed by atoms with E-state index in [-0.39, 0.29) is 0 Å². The summed E-state index contributed by atoms with van der Waals surface area (Å²) in [4.78, 5) is 5.45. The van der Waals surface area contributed by atoms with Crippen LogP contribution < -0.4 is 0 Å². The molecule has 0 spiro atoms. The Kier molecular flexibility index (Phi) is 3.18. The summed E-state index contributed by atoms with van der Waals surface area (Å²) in [7, 11) is 0. The van der Waals surface area contributed by atoms with Crippen LogP contribution >= 0.6 is 0 Å². The first kappa shape index (κ1) is 11.9. The number of ether oxygens (including phenoxy) is 1. The van der Waals surface area contributed by atoms with Crippen LogP contribution in [0.15, 0.2) is 0 Å². The fourth-order valence-corrected chi connectivity index (χ4v) is 4.09. The highest BCUT2D eigenvalue weighted by Gasteiger charge is 2.43. The van der Waals surface area contributed by atoms with Gasteiger partial charge < -0.3 is 4.74 Å². The van der Waals surface area contributed by atoms with E-state index in [1.807, 2.05) is 0 Å². The van der Waals surface area contributed by atoms with E-state index < -0.39 is 0 Å². The van der Waals surface area contributed by atoms with E-state index in [1.165, 1.54) is 45.3 Å². The highest BCUT2D eigenvalue weighted by Crippen LogP contribution is 2.33. The van der Waals surface area contributed by atoms with Gasteiger partial charge in [0.1, 0.15) is 0 Å². The Morgan fingerprint density at radius 2 is 2.12 bits per heavy atom. The summed E-state index contributed by atoms with van der Waals surface area (Å²) in [6.45, 7) is 10.6. The van der Waals surface area contributed by atoms with Crippen molar-refractivity contribution < 1.29 is 4.74 Å². The van der Waals surface area contributed by atoms with Gasteiger partial charge in [-0.05, 0) is 46.1 Å². The molecule has 0 N–H and O–H groups in total. The van der Waals surface area contributed by atoms with Crippen molar-refractivity contribution in [1.82, 2.24) is 9.80 Å². The van der Waals surface area contributed by atoms with Gasteiger partial charge in [0, 0.05) is 37.3 Å². The van der Waals surface area contributed by atoms with Gasteiger partial charge >= 0.3 is 0 Å². The second-order valence-corrected chi connectivity index (χ2v) is 6.45. The summed E-state index contributed by atoms with van der Waals surface area (Å²) < 4.78 is 5.74. The average molecular weight is 238 g/mol. The molecule has 3 heteroatoms. The zero-order valence-corrected chi connectivity index (χ0v) is 11.3. The molecule has 0 amide bonds. The molecule has 3 aliphatic heterocycles. The second-order valence-electron chi connectivity index (χ2n) is 6.45. The largest absolute Gasteiger partial charge is 0.380 e. The Hall–Kier alpha value is -0.120. The van der Waals surface area contributed by atoms with Crippen LogP contribution in [0.3, 0.4) is 0 Å². The van der Waals surface area contributed by atoms with Crippen LogP contribution in [0, 0.1) is 0 Å². The number of fused-ring (bicyclic) bond motifs is 1. The fourth-order valence-electron chi connectivity index (χ4n) is 4.09. The van der Waals surface area contributed by atoms with Gasteiger partial charge in [0.2, 0.25) is 0 Å². The van der Waals surface area contributed by atoms with Crippen LogP contribution in [-0.2, 0) is 4.74 Å². The Morgan fingerprint density at radius 3 is 2.88 bits per heavy atom. The third kappa shape index (κ3) is 2.13. The number of rotatable bonds is 1. The molecule has 0 aliphatic carbocycles. The van der Waals surface area contributed by atoms with Gasteiger partial charge in [-0.25, -0.2) is 0 Å². The lowest BCUT2D eigenvalue weighted by atomic mass is 9.89. The standard InChI is InChI=1S/C14H26N2O/c1-12-9-15-7-3-5-13(15)10-16(12)14(2)6-4-8-17-11-14/h12-13H,3-11H2,1-2H3. The van der Waals surface area contributed by atoms with E-state index in [0.717, 1.165) is 19.3 Å². The normalized spacial score (nSPS) is 44.8. The molecular weight excluding hydrogens is 212 g/mol. The maximum Gasteiger partial charge on any atom is 0.0647 e. The summed E-state index contributed by atoms with van der Waals surface area (Å²) in [6.07, 6.45) is 5.34. The van der Waals surface area contributed by atoms with Crippen LogP contribution in [0.4, 0.5) is 0 Å². The van der Waals surface area contributed by atoms with Crippen molar-refractivity contribution in [2.45, 2.75) is 57.2 Å². The third-order valence-electron chi connectivity index (χ3n) is 5.05. The van der Waals surface area contributed by atoms with E-state index in [0.29, 0.717) is 11.6 Å². The molecule has 3 saturated heterocycles. The molecule has 0 aromatic carbocycles. The van der Waals surface area contributed by atoms with Crippen LogP contribution in [0.25, 0.3) is 0 Å². The maximum atomic E-state index is 5.74. The van der Waals surface area contributed by atoms with Gasteiger partial charge in [-0.3, -0.25) is 9.80 Å². The summed E-state index contributed by atoms with van der Waals surface area (Å²) in [6, 6.07) is 1.51. The van der Waals surface area contributed by atoms with E-state index in [2.05, 4.69) is 23.6 Å². The van der Waals surface area contributed by atoms with E-state index in [4.69, 9.17) is 4.74 Å². The SMILES string of the molecule is CC1CN2CCCC2CN1C1(C)CCCOC1. The molecule has 17 heavy (non-hydrogen) atoms. The van der Waals surface area contributed by atoms with E-state index in [1.54, 1.807) is 0 Å². The van der Waals surface area contributed by atoms with Gasteiger partial charge in [0.15, 0.2) is 0 Å². The van der Waals surface area contributed by atoms with Crippen LogP contribution in [0.2, 0.25) is 0 Å². The van der Waals surface area contributed by atoms with Crippen molar-refractivity contribution in [3.05, 3.63) is 0 Å². The number of hydrogen-bond donors (Lipinski definition) is 0. The quantitative estimate of drug-likeness (QED) is 0.692. The first-order valence-electron chi connectivity index (χ1n) is 7.28. The fraction of sp³-hybridized carbons (Fsp3) is 1.00. The summed E-state index contributed by atoms with van der Waals surface area (Å²) in [5, 5.41) is 0. The minimum Gasteiger partial charge on any atom is -0.380 e. The topological polar surface area (TPSA) is 15.7 Å². The molecule has 3 nitrogen and oxygen atoms in total. The molecule has 3 heterocycles. The second kappa shape index (κ2) is 4.52. The molecule has 0 aromatic heterocycles. The first-order chi connectivity index (χ1) is 8.19. The van der Waals surface area contributed by atoms with Crippen molar-refractivity contribution in [2.75, 3.05) is 32.8 Å². The lowest BCUT2D eigenvalue weighted by Crippen LogP contribution is -2.64. The van der Waals surface area contributed by atoms with E-state index in [9.17, 15) is 0 Å². The van der Waals surface area contributed by atoms with Crippen molar-refractivity contribution in [3.8, 4) is 0 Å². The zero-order valence-electron chi connectivity index (χ0n) is 11.3.